The molecule has 5 nitrogen and oxygen atoms in total. The highest BCUT2D eigenvalue weighted by molar-refractivity contribution is 5.96. The lowest BCUT2D eigenvalue weighted by atomic mass is 10.0. The summed E-state index contributed by atoms with van der Waals surface area (Å²) in [5.74, 6) is -0.361. The molecule has 148 valence electrons. The molecule has 2 aromatic rings. The number of methoxy groups -OCH3 is 1. The molecule has 1 amide bonds. The first-order valence-corrected chi connectivity index (χ1v) is 9.80. The van der Waals surface area contributed by atoms with E-state index in [9.17, 15) is 9.59 Å². The van der Waals surface area contributed by atoms with E-state index in [1.54, 1.807) is 24.3 Å². The van der Waals surface area contributed by atoms with Gasteiger partial charge in [0.25, 0.3) is 5.91 Å². The van der Waals surface area contributed by atoms with Crippen LogP contribution in [-0.4, -0.2) is 61.5 Å². The number of hydrogen-bond acceptors (Lipinski definition) is 4. The van der Waals surface area contributed by atoms with Crippen molar-refractivity contribution < 1.29 is 14.3 Å². The van der Waals surface area contributed by atoms with Crippen molar-refractivity contribution in [2.75, 3.05) is 33.8 Å². The van der Waals surface area contributed by atoms with Crippen LogP contribution < -0.4 is 0 Å². The number of ether oxygens (including phenoxy) is 1. The van der Waals surface area contributed by atoms with E-state index in [2.05, 4.69) is 36.2 Å². The molecule has 1 saturated heterocycles. The van der Waals surface area contributed by atoms with Gasteiger partial charge in [-0.25, -0.2) is 4.79 Å². The number of benzene rings is 2. The molecule has 0 aromatic heterocycles. The van der Waals surface area contributed by atoms with Crippen molar-refractivity contribution in [2.45, 2.75) is 25.3 Å². The second kappa shape index (κ2) is 9.51. The van der Waals surface area contributed by atoms with E-state index >= 15 is 0 Å². The summed E-state index contributed by atoms with van der Waals surface area (Å²) in [4.78, 5) is 28.6. The molecule has 1 aliphatic rings. The van der Waals surface area contributed by atoms with Crippen molar-refractivity contribution in [3.8, 4) is 0 Å². The topological polar surface area (TPSA) is 49.9 Å². The van der Waals surface area contributed by atoms with Crippen LogP contribution in [-0.2, 0) is 11.2 Å². The first-order valence-electron chi connectivity index (χ1n) is 9.80. The summed E-state index contributed by atoms with van der Waals surface area (Å²) in [6.07, 6.45) is 3.01. The molecule has 0 atom stereocenters. The van der Waals surface area contributed by atoms with Gasteiger partial charge in [0.2, 0.25) is 0 Å². The van der Waals surface area contributed by atoms with Crippen LogP contribution in [0, 0.1) is 0 Å². The minimum Gasteiger partial charge on any atom is -0.465 e. The number of likely N-dealkylation sites (tertiary alicyclic amines) is 1. The smallest absolute Gasteiger partial charge is 0.337 e. The van der Waals surface area contributed by atoms with Gasteiger partial charge in [-0.2, -0.15) is 0 Å². The number of likely N-dealkylation sites (N-methyl/N-ethyl adjacent to an activating group) is 1. The number of nitrogens with zero attached hydrogens (tertiary/aromatic N) is 2. The Kier molecular flexibility index (Phi) is 6.82. The van der Waals surface area contributed by atoms with Gasteiger partial charge in [-0.05, 0) is 56.1 Å². The van der Waals surface area contributed by atoms with E-state index in [0.717, 1.165) is 38.9 Å². The zero-order valence-corrected chi connectivity index (χ0v) is 16.6. The Hall–Kier alpha value is -2.66. The second-order valence-electron chi connectivity index (χ2n) is 7.31. The van der Waals surface area contributed by atoms with Crippen LogP contribution in [0.4, 0.5) is 0 Å². The van der Waals surface area contributed by atoms with Crippen LogP contribution in [0.2, 0.25) is 0 Å². The summed E-state index contributed by atoms with van der Waals surface area (Å²) in [7, 11) is 3.53. The third-order valence-electron chi connectivity index (χ3n) is 5.52. The fourth-order valence-electron chi connectivity index (χ4n) is 3.69. The van der Waals surface area contributed by atoms with Crippen molar-refractivity contribution in [3.05, 3.63) is 71.3 Å². The van der Waals surface area contributed by atoms with Crippen LogP contribution >= 0.6 is 0 Å². The minimum absolute atomic E-state index is 0.0294. The molecular weight excluding hydrogens is 352 g/mol. The van der Waals surface area contributed by atoms with Gasteiger partial charge >= 0.3 is 5.97 Å². The summed E-state index contributed by atoms with van der Waals surface area (Å²) in [5, 5.41) is 0. The summed E-state index contributed by atoms with van der Waals surface area (Å²) in [6.45, 7) is 2.55. The van der Waals surface area contributed by atoms with Crippen molar-refractivity contribution >= 4 is 11.9 Å². The molecule has 0 unspecified atom stereocenters. The summed E-state index contributed by atoms with van der Waals surface area (Å²) >= 11 is 0. The first-order chi connectivity index (χ1) is 13.6. The van der Waals surface area contributed by atoms with Gasteiger partial charge in [0.1, 0.15) is 0 Å². The molecule has 0 N–H and O–H groups in total. The van der Waals surface area contributed by atoms with E-state index in [1.165, 1.54) is 12.7 Å². The zero-order chi connectivity index (χ0) is 19.9. The molecule has 0 bridgehead atoms. The Morgan fingerprint density at radius 3 is 2.21 bits per heavy atom. The first kappa shape index (κ1) is 20.1. The van der Waals surface area contributed by atoms with E-state index in [0.29, 0.717) is 17.2 Å². The highest BCUT2D eigenvalue weighted by Gasteiger charge is 2.25. The predicted molar refractivity (Wildman–Crippen MR) is 109 cm³/mol. The Morgan fingerprint density at radius 1 is 1.00 bits per heavy atom. The monoisotopic (exact) mass is 380 g/mol. The predicted octanol–water partition coefficient (Wildman–Crippen LogP) is 3.25. The lowest BCUT2D eigenvalue weighted by Gasteiger charge is -2.37. The van der Waals surface area contributed by atoms with E-state index in [4.69, 9.17) is 4.74 Å². The molecule has 0 saturated carbocycles. The Bertz CT molecular complexity index is 781. The molecule has 2 aromatic carbocycles. The molecule has 1 fully saturated rings. The number of amides is 1. The normalized spacial score (nSPS) is 14.9. The van der Waals surface area contributed by atoms with Gasteiger partial charge in [0, 0.05) is 31.2 Å². The van der Waals surface area contributed by atoms with Crippen LogP contribution in [0.3, 0.4) is 0 Å². The molecule has 1 heterocycles. The molecule has 0 radical (unpaired) electrons. The average molecular weight is 380 g/mol. The van der Waals surface area contributed by atoms with Crippen LogP contribution in [0.15, 0.2) is 54.6 Å². The largest absolute Gasteiger partial charge is 0.465 e. The average Bonchev–Trinajstić information content (AvgIpc) is 2.77. The lowest BCUT2D eigenvalue weighted by molar-refractivity contribution is 0.0597. The summed E-state index contributed by atoms with van der Waals surface area (Å²) in [5.41, 5.74) is 2.43. The fraction of sp³-hybridized carbons (Fsp3) is 0.391. The zero-order valence-electron chi connectivity index (χ0n) is 16.6. The van der Waals surface area contributed by atoms with Crippen molar-refractivity contribution in [1.29, 1.82) is 0 Å². The Morgan fingerprint density at radius 2 is 1.61 bits per heavy atom. The third-order valence-corrected chi connectivity index (χ3v) is 5.52. The Balaban J connectivity index is 1.49. The molecule has 0 spiro atoms. The van der Waals surface area contributed by atoms with Crippen molar-refractivity contribution in [3.63, 3.8) is 0 Å². The van der Waals surface area contributed by atoms with Gasteiger partial charge in [0.05, 0.1) is 12.7 Å². The van der Waals surface area contributed by atoms with Gasteiger partial charge in [-0.15, -0.1) is 0 Å². The number of carbonyl (C=O) groups excluding carboxylic acids is 2. The fourth-order valence-corrected chi connectivity index (χ4v) is 3.69. The number of esters is 1. The maximum absolute atomic E-state index is 12.7. The number of rotatable bonds is 6. The van der Waals surface area contributed by atoms with Crippen molar-refractivity contribution in [2.24, 2.45) is 0 Å². The maximum atomic E-state index is 12.7. The molecule has 5 heteroatoms. The minimum atomic E-state index is -0.390. The number of carbonyl (C=O) groups is 2. The van der Waals surface area contributed by atoms with E-state index in [1.807, 2.05) is 11.0 Å². The SMILES string of the molecule is COC(=O)c1ccc(C(=O)N2CCC(N(C)CCc3ccccc3)CC2)cc1. The quantitative estimate of drug-likeness (QED) is 0.722. The summed E-state index contributed by atoms with van der Waals surface area (Å²) < 4.78 is 4.70. The number of hydrogen-bond donors (Lipinski definition) is 0. The Labute approximate surface area is 166 Å². The summed E-state index contributed by atoms with van der Waals surface area (Å²) in [6, 6.07) is 17.7. The van der Waals surface area contributed by atoms with Gasteiger partial charge in [-0.1, -0.05) is 30.3 Å². The molecule has 28 heavy (non-hydrogen) atoms. The lowest BCUT2D eigenvalue weighted by Crippen LogP contribution is -2.46. The standard InChI is InChI=1S/C23H28N2O3/c1-24(15-12-18-6-4-3-5-7-18)21-13-16-25(17-14-21)22(26)19-8-10-20(11-9-19)23(27)28-2/h3-11,21H,12-17H2,1-2H3. The molecular formula is C23H28N2O3. The number of piperidine rings is 1. The van der Waals surface area contributed by atoms with Gasteiger partial charge in [-0.3, -0.25) is 4.79 Å². The third kappa shape index (κ3) is 4.98. The highest BCUT2D eigenvalue weighted by Crippen LogP contribution is 2.18. The molecule has 1 aliphatic heterocycles. The second-order valence-corrected chi connectivity index (χ2v) is 7.31. The van der Waals surface area contributed by atoms with Crippen LogP contribution in [0.1, 0.15) is 39.1 Å². The highest BCUT2D eigenvalue weighted by atomic mass is 16.5. The molecule has 3 rings (SSSR count). The van der Waals surface area contributed by atoms with Crippen molar-refractivity contribution in [1.82, 2.24) is 9.80 Å². The maximum Gasteiger partial charge on any atom is 0.337 e. The van der Waals surface area contributed by atoms with Gasteiger partial charge < -0.3 is 14.5 Å². The van der Waals surface area contributed by atoms with E-state index in [-0.39, 0.29) is 5.91 Å². The molecule has 0 aliphatic carbocycles. The van der Waals surface area contributed by atoms with Gasteiger partial charge in [0.15, 0.2) is 0 Å². The van der Waals surface area contributed by atoms with Crippen LogP contribution in [0.5, 0.6) is 0 Å². The van der Waals surface area contributed by atoms with E-state index < -0.39 is 5.97 Å². The van der Waals surface area contributed by atoms with Crippen LogP contribution in [0.25, 0.3) is 0 Å².